The molecule has 2 rings (SSSR count). The first-order valence-corrected chi connectivity index (χ1v) is 4.46. The van der Waals surface area contributed by atoms with Gasteiger partial charge in [-0.1, -0.05) is 0 Å². The topological polar surface area (TPSA) is 110 Å². The minimum absolute atomic E-state index is 0.00685. The second-order valence-corrected chi connectivity index (χ2v) is 3.37. The molecule has 1 aliphatic rings. The molecule has 1 heterocycles. The molecular formula is C10H9NO5. The second kappa shape index (κ2) is 3.34. The van der Waals surface area contributed by atoms with Gasteiger partial charge in [0, 0.05) is 5.56 Å². The fraction of sp³-hybridized carbons (Fsp3) is 0.100. The highest BCUT2D eigenvalue weighted by Crippen LogP contribution is 2.40. The van der Waals surface area contributed by atoms with Crippen LogP contribution in [0.25, 0.3) is 5.76 Å². The van der Waals surface area contributed by atoms with E-state index in [1.807, 2.05) is 0 Å². The van der Waals surface area contributed by atoms with E-state index >= 15 is 0 Å². The summed E-state index contributed by atoms with van der Waals surface area (Å²) in [5, 5.41) is 39.6. The molecule has 1 aromatic carbocycles. The van der Waals surface area contributed by atoms with E-state index in [2.05, 4.69) is 5.32 Å². The van der Waals surface area contributed by atoms with E-state index in [0.717, 1.165) is 6.08 Å². The first kappa shape index (κ1) is 10.2. The van der Waals surface area contributed by atoms with Crippen LogP contribution in [0.2, 0.25) is 0 Å². The van der Waals surface area contributed by atoms with Crippen LogP contribution in [0.1, 0.15) is 5.56 Å². The van der Waals surface area contributed by atoms with E-state index in [0.29, 0.717) is 0 Å². The van der Waals surface area contributed by atoms with Crippen LogP contribution in [0.15, 0.2) is 18.2 Å². The summed E-state index contributed by atoms with van der Waals surface area (Å²) in [4.78, 5) is 10.7. The van der Waals surface area contributed by atoms with Crippen molar-refractivity contribution in [3.63, 3.8) is 0 Å². The number of aromatic hydroxyl groups is 2. The summed E-state index contributed by atoms with van der Waals surface area (Å²) < 4.78 is 0. The van der Waals surface area contributed by atoms with Crippen molar-refractivity contribution < 1.29 is 25.2 Å². The maximum absolute atomic E-state index is 10.7. The average Bonchev–Trinajstić information content (AvgIpc) is 2.23. The van der Waals surface area contributed by atoms with Crippen molar-refractivity contribution in [2.45, 2.75) is 6.04 Å². The van der Waals surface area contributed by atoms with E-state index in [-0.39, 0.29) is 22.8 Å². The van der Waals surface area contributed by atoms with Crippen LogP contribution in [0.4, 0.5) is 5.69 Å². The number of phenols is 2. The van der Waals surface area contributed by atoms with Crippen molar-refractivity contribution >= 4 is 17.4 Å². The number of carboxylic acids is 1. The number of carboxylic acid groups (broad SMARTS) is 1. The van der Waals surface area contributed by atoms with Crippen molar-refractivity contribution in [2.24, 2.45) is 0 Å². The zero-order chi connectivity index (χ0) is 11.9. The number of rotatable bonds is 1. The molecule has 84 valence electrons. The summed E-state index contributed by atoms with van der Waals surface area (Å²) in [6, 6.07) is 1.45. The fourth-order valence-corrected chi connectivity index (χ4v) is 1.52. The number of aliphatic hydroxyl groups excluding tert-OH is 1. The van der Waals surface area contributed by atoms with Gasteiger partial charge in [-0.2, -0.15) is 0 Å². The van der Waals surface area contributed by atoms with Gasteiger partial charge in [-0.15, -0.1) is 0 Å². The van der Waals surface area contributed by atoms with Gasteiger partial charge in [0.1, 0.15) is 11.8 Å². The molecule has 5 N–H and O–H groups in total. The lowest BCUT2D eigenvalue weighted by atomic mass is 10.0. The molecule has 0 aliphatic carbocycles. The number of benzene rings is 1. The predicted molar refractivity (Wildman–Crippen MR) is 55.4 cm³/mol. The summed E-state index contributed by atoms with van der Waals surface area (Å²) in [7, 11) is 0. The molecule has 6 nitrogen and oxygen atoms in total. The van der Waals surface area contributed by atoms with Crippen LogP contribution < -0.4 is 5.32 Å². The van der Waals surface area contributed by atoms with E-state index in [1.165, 1.54) is 12.1 Å². The Morgan fingerprint density at radius 1 is 1.25 bits per heavy atom. The van der Waals surface area contributed by atoms with Gasteiger partial charge in [-0.05, 0) is 18.2 Å². The average molecular weight is 223 g/mol. The van der Waals surface area contributed by atoms with Crippen LogP contribution in [0.5, 0.6) is 11.5 Å². The largest absolute Gasteiger partial charge is 0.507 e. The maximum Gasteiger partial charge on any atom is 0.330 e. The number of fused-ring (bicyclic) bond motifs is 1. The molecule has 16 heavy (non-hydrogen) atoms. The predicted octanol–water partition coefficient (Wildman–Crippen LogP) is 0.875. The highest BCUT2D eigenvalue weighted by molar-refractivity contribution is 5.90. The fourth-order valence-electron chi connectivity index (χ4n) is 1.52. The Balaban J connectivity index is 2.56. The van der Waals surface area contributed by atoms with Crippen molar-refractivity contribution in [3.8, 4) is 11.5 Å². The quantitative estimate of drug-likeness (QED) is 0.452. The van der Waals surface area contributed by atoms with Gasteiger partial charge in [-0.25, -0.2) is 4.79 Å². The van der Waals surface area contributed by atoms with Gasteiger partial charge in [0.15, 0.2) is 11.5 Å². The Hall–Kier alpha value is -2.37. The van der Waals surface area contributed by atoms with Crippen LogP contribution in [0, 0.1) is 0 Å². The van der Waals surface area contributed by atoms with Crippen molar-refractivity contribution in [1.29, 1.82) is 0 Å². The standard InChI is InChI=1S/C10H9NO5/c12-6-2-1-4-7(13)3-5(10(15)16)11-8(4)9(6)14/h1-3,5,11-14H,(H,15,16). The van der Waals surface area contributed by atoms with Crippen molar-refractivity contribution in [3.05, 3.63) is 23.8 Å². The Kier molecular flexibility index (Phi) is 2.12. The Labute approximate surface area is 90.1 Å². The van der Waals surface area contributed by atoms with E-state index in [9.17, 15) is 20.1 Å². The molecule has 1 atom stereocenters. The lowest BCUT2D eigenvalue weighted by Gasteiger charge is -2.22. The summed E-state index contributed by atoms with van der Waals surface area (Å²) >= 11 is 0. The Bertz CT molecular complexity index is 494. The summed E-state index contributed by atoms with van der Waals surface area (Å²) in [6.45, 7) is 0. The number of aliphatic carboxylic acids is 1. The van der Waals surface area contributed by atoms with Crippen LogP contribution >= 0.6 is 0 Å². The molecule has 0 spiro atoms. The van der Waals surface area contributed by atoms with Gasteiger partial charge in [0.05, 0.1) is 5.69 Å². The normalized spacial score (nSPS) is 18.2. The van der Waals surface area contributed by atoms with Gasteiger partial charge < -0.3 is 25.7 Å². The number of hydrogen-bond donors (Lipinski definition) is 5. The third-order valence-corrected chi connectivity index (χ3v) is 2.32. The third-order valence-electron chi connectivity index (χ3n) is 2.32. The maximum atomic E-state index is 10.7. The van der Waals surface area contributed by atoms with Gasteiger partial charge in [0.2, 0.25) is 0 Å². The molecule has 6 heteroatoms. The molecule has 1 aliphatic heterocycles. The number of carbonyl (C=O) groups is 1. The lowest BCUT2D eigenvalue weighted by molar-refractivity contribution is -0.136. The molecule has 0 amide bonds. The van der Waals surface area contributed by atoms with E-state index in [4.69, 9.17) is 5.11 Å². The molecule has 0 saturated heterocycles. The number of nitrogens with one attached hydrogen (secondary N) is 1. The van der Waals surface area contributed by atoms with Gasteiger partial charge >= 0.3 is 5.97 Å². The van der Waals surface area contributed by atoms with Crippen molar-refractivity contribution in [2.75, 3.05) is 5.32 Å². The van der Waals surface area contributed by atoms with E-state index in [1.54, 1.807) is 0 Å². The van der Waals surface area contributed by atoms with Gasteiger partial charge in [0.25, 0.3) is 0 Å². The van der Waals surface area contributed by atoms with Crippen LogP contribution in [-0.2, 0) is 4.79 Å². The minimum atomic E-state index is -1.19. The summed E-state index contributed by atoms with van der Waals surface area (Å²) in [6.07, 6.45) is 1.11. The number of aliphatic hydroxyl groups is 1. The summed E-state index contributed by atoms with van der Waals surface area (Å²) in [5.41, 5.74) is 0.250. The Morgan fingerprint density at radius 2 is 1.94 bits per heavy atom. The first-order valence-electron chi connectivity index (χ1n) is 4.46. The van der Waals surface area contributed by atoms with Crippen LogP contribution in [0.3, 0.4) is 0 Å². The smallest absolute Gasteiger partial charge is 0.330 e. The number of hydrogen-bond acceptors (Lipinski definition) is 5. The molecule has 0 aromatic heterocycles. The minimum Gasteiger partial charge on any atom is -0.507 e. The second-order valence-electron chi connectivity index (χ2n) is 3.37. The molecular weight excluding hydrogens is 214 g/mol. The highest BCUT2D eigenvalue weighted by Gasteiger charge is 2.26. The molecule has 0 saturated carbocycles. The number of phenolic OH excluding ortho intramolecular Hbond substituents is 2. The molecule has 0 fully saturated rings. The summed E-state index contributed by atoms with van der Waals surface area (Å²) in [5.74, 6) is -2.31. The van der Waals surface area contributed by atoms with Crippen LogP contribution in [-0.4, -0.2) is 32.4 Å². The highest BCUT2D eigenvalue weighted by atomic mass is 16.4. The Morgan fingerprint density at radius 3 is 2.56 bits per heavy atom. The zero-order valence-electron chi connectivity index (χ0n) is 8.01. The third kappa shape index (κ3) is 1.40. The van der Waals surface area contributed by atoms with Crippen molar-refractivity contribution in [1.82, 2.24) is 0 Å². The zero-order valence-corrected chi connectivity index (χ0v) is 8.01. The molecule has 1 unspecified atom stereocenters. The lowest BCUT2D eigenvalue weighted by Crippen LogP contribution is -2.30. The monoisotopic (exact) mass is 223 g/mol. The first-order chi connectivity index (χ1) is 7.50. The molecule has 0 radical (unpaired) electrons. The molecule has 1 aromatic rings. The number of anilines is 1. The van der Waals surface area contributed by atoms with E-state index < -0.39 is 17.8 Å². The van der Waals surface area contributed by atoms with Gasteiger partial charge in [-0.3, -0.25) is 0 Å². The molecule has 0 bridgehead atoms. The SMILES string of the molecule is O=C(O)C1C=C(O)c2ccc(O)c(O)c2N1.